The fourth-order valence-electron chi connectivity index (χ4n) is 3.48. The first-order valence-corrected chi connectivity index (χ1v) is 10.2. The second-order valence-corrected chi connectivity index (χ2v) is 8.15. The number of fused-ring (bicyclic) bond motifs is 1. The number of hydrogen-bond donors (Lipinski definition) is 0. The van der Waals surface area contributed by atoms with Crippen LogP contribution in [0, 0.1) is 6.92 Å². The number of imidazole rings is 1. The Morgan fingerprint density at radius 3 is 2.85 bits per heavy atom. The summed E-state index contributed by atoms with van der Waals surface area (Å²) in [6.07, 6.45) is 2.80. The Labute approximate surface area is 162 Å². The molecule has 0 saturated carbocycles. The van der Waals surface area contributed by atoms with E-state index in [1.54, 1.807) is 0 Å². The summed E-state index contributed by atoms with van der Waals surface area (Å²) in [6.45, 7) is 3.37. The highest BCUT2D eigenvalue weighted by atomic mass is 35.5. The van der Waals surface area contributed by atoms with Gasteiger partial charge in [0.05, 0.1) is 5.69 Å². The summed E-state index contributed by atoms with van der Waals surface area (Å²) in [7, 11) is 0. The third-order valence-corrected chi connectivity index (χ3v) is 6.44. The van der Waals surface area contributed by atoms with Gasteiger partial charge in [-0.2, -0.15) is 11.8 Å². The van der Waals surface area contributed by atoms with Crippen LogP contribution in [0.25, 0.3) is 5.65 Å². The van der Waals surface area contributed by atoms with E-state index >= 15 is 0 Å². The van der Waals surface area contributed by atoms with Crippen LogP contribution in [0.4, 0.5) is 0 Å². The minimum Gasteiger partial charge on any atom is -0.336 e. The molecule has 4 rings (SSSR count). The first kappa shape index (κ1) is 17.4. The maximum Gasteiger partial charge on any atom is 0.272 e. The molecule has 0 bridgehead atoms. The Morgan fingerprint density at radius 1 is 1.19 bits per heavy atom. The molecule has 0 spiro atoms. The molecule has 1 atom stereocenters. The third-order valence-electron chi connectivity index (χ3n) is 4.79. The number of hydrogen-bond acceptors (Lipinski definition) is 3. The molecule has 26 heavy (non-hydrogen) atoms. The van der Waals surface area contributed by atoms with Crippen molar-refractivity contribution in [2.75, 3.05) is 18.8 Å². The number of carbonyl (C=O) groups excluding carboxylic acids is 1. The van der Waals surface area contributed by atoms with E-state index in [9.17, 15) is 4.79 Å². The summed E-state index contributed by atoms with van der Waals surface area (Å²) in [4.78, 5) is 19.7. The lowest BCUT2D eigenvalue weighted by molar-refractivity contribution is 0.0759. The van der Waals surface area contributed by atoms with Gasteiger partial charge in [-0.25, -0.2) is 4.98 Å². The van der Waals surface area contributed by atoms with Gasteiger partial charge < -0.3 is 4.90 Å². The van der Waals surface area contributed by atoms with Crippen LogP contribution in [0.5, 0.6) is 0 Å². The van der Waals surface area contributed by atoms with Crippen LogP contribution < -0.4 is 0 Å². The molecule has 0 N–H and O–H groups in total. The van der Waals surface area contributed by atoms with E-state index in [4.69, 9.17) is 11.6 Å². The molecule has 2 aromatic heterocycles. The van der Waals surface area contributed by atoms with E-state index in [1.807, 2.05) is 70.6 Å². The van der Waals surface area contributed by atoms with Crippen molar-refractivity contribution < 1.29 is 4.79 Å². The Kier molecular flexibility index (Phi) is 4.92. The Hall–Kier alpha value is -1.98. The number of aryl methyl sites for hydroxylation is 1. The molecule has 0 unspecified atom stereocenters. The van der Waals surface area contributed by atoms with Crippen molar-refractivity contribution in [3.8, 4) is 0 Å². The monoisotopic (exact) mass is 385 g/mol. The average molecular weight is 386 g/mol. The number of benzene rings is 1. The van der Waals surface area contributed by atoms with E-state index in [2.05, 4.69) is 11.1 Å². The predicted molar refractivity (Wildman–Crippen MR) is 107 cm³/mol. The van der Waals surface area contributed by atoms with Crippen molar-refractivity contribution in [1.29, 1.82) is 0 Å². The smallest absolute Gasteiger partial charge is 0.272 e. The highest BCUT2D eigenvalue weighted by Gasteiger charge is 2.26. The number of aromatic nitrogens is 2. The van der Waals surface area contributed by atoms with E-state index in [0.29, 0.717) is 10.9 Å². The van der Waals surface area contributed by atoms with Gasteiger partial charge >= 0.3 is 0 Å². The average Bonchev–Trinajstić information content (AvgIpc) is 2.81. The van der Waals surface area contributed by atoms with Gasteiger partial charge in [0.25, 0.3) is 5.91 Å². The second kappa shape index (κ2) is 7.33. The summed E-state index contributed by atoms with van der Waals surface area (Å²) >= 11 is 8.25. The number of thioether (sulfide) groups is 1. The Morgan fingerprint density at radius 2 is 2.00 bits per heavy atom. The van der Waals surface area contributed by atoms with Crippen molar-refractivity contribution >= 4 is 34.9 Å². The molecule has 0 aliphatic carbocycles. The standard InChI is InChI=1S/C20H20ClN3OS/c1-14-19(24-10-5-4-8-18(24)22-14)20(25)23-11-9-17(26-13-12-23)15-6-2-3-7-16(15)21/h2-8,10,17H,9,11-13H2,1H3/t17-/m0/s1. The molecule has 6 heteroatoms. The highest BCUT2D eigenvalue weighted by molar-refractivity contribution is 7.99. The van der Waals surface area contributed by atoms with Gasteiger partial charge in [0.2, 0.25) is 0 Å². The molecule has 1 aromatic carbocycles. The Balaban J connectivity index is 1.56. The van der Waals surface area contributed by atoms with Gasteiger partial charge in [-0.05, 0) is 37.1 Å². The zero-order valence-electron chi connectivity index (χ0n) is 14.6. The minimum atomic E-state index is 0.0570. The van der Waals surface area contributed by atoms with E-state index in [-0.39, 0.29) is 5.91 Å². The van der Waals surface area contributed by atoms with Crippen molar-refractivity contribution in [2.24, 2.45) is 0 Å². The van der Waals surface area contributed by atoms with Gasteiger partial charge in [-0.15, -0.1) is 0 Å². The lowest BCUT2D eigenvalue weighted by atomic mass is 10.1. The van der Waals surface area contributed by atoms with Crippen LogP contribution in [0.3, 0.4) is 0 Å². The maximum absolute atomic E-state index is 13.2. The fraction of sp³-hybridized carbons (Fsp3) is 0.300. The largest absolute Gasteiger partial charge is 0.336 e. The molecule has 1 aliphatic heterocycles. The summed E-state index contributed by atoms with van der Waals surface area (Å²) < 4.78 is 1.89. The van der Waals surface area contributed by atoms with E-state index < -0.39 is 0 Å². The van der Waals surface area contributed by atoms with E-state index in [0.717, 1.165) is 41.6 Å². The van der Waals surface area contributed by atoms with Crippen LogP contribution in [0.1, 0.15) is 33.4 Å². The molecular weight excluding hydrogens is 366 g/mol. The van der Waals surface area contributed by atoms with Crippen molar-refractivity contribution in [3.05, 3.63) is 70.6 Å². The number of amides is 1. The molecule has 0 radical (unpaired) electrons. The van der Waals surface area contributed by atoms with Crippen LogP contribution in [-0.2, 0) is 0 Å². The van der Waals surface area contributed by atoms with Gasteiger partial charge in [0, 0.05) is 35.3 Å². The zero-order valence-corrected chi connectivity index (χ0v) is 16.1. The summed E-state index contributed by atoms with van der Waals surface area (Å²) in [5.41, 5.74) is 3.42. The molecule has 3 aromatic rings. The number of carbonyl (C=O) groups is 1. The van der Waals surface area contributed by atoms with Crippen LogP contribution in [-0.4, -0.2) is 39.0 Å². The Bertz CT molecular complexity index is 955. The van der Waals surface area contributed by atoms with Crippen LogP contribution >= 0.6 is 23.4 Å². The van der Waals surface area contributed by atoms with Gasteiger partial charge in [-0.1, -0.05) is 35.9 Å². The van der Waals surface area contributed by atoms with Crippen molar-refractivity contribution in [2.45, 2.75) is 18.6 Å². The van der Waals surface area contributed by atoms with Crippen LogP contribution in [0.2, 0.25) is 5.02 Å². The molecule has 3 heterocycles. The van der Waals surface area contributed by atoms with Gasteiger partial charge in [0.15, 0.2) is 0 Å². The number of halogens is 1. The van der Waals surface area contributed by atoms with Gasteiger partial charge in [-0.3, -0.25) is 9.20 Å². The quantitative estimate of drug-likeness (QED) is 0.646. The maximum atomic E-state index is 13.2. The summed E-state index contributed by atoms with van der Waals surface area (Å²) in [5.74, 6) is 0.957. The van der Waals surface area contributed by atoms with Crippen molar-refractivity contribution in [3.63, 3.8) is 0 Å². The second-order valence-electron chi connectivity index (χ2n) is 6.44. The summed E-state index contributed by atoms with van der Waals surface area (Å²) in [5, 5.41) is 1.13. The third kappa shape index (κ3) is 3.21. The fourth-order valence-corrected chi connectivity index (χ4v) is 5.08. The molecule has 1 saturated heterocycles. The molecule has 1 amide bonds. The molecule has 134 valence electrons. The molecule has 1 fully saturated rings. The zero-order chi connectivity index (χ0) is 18.1. The molecule has 4 nitrogen and oxygen atoms in total. The first-order chi connectivity index (χ1) is 12.6. The molecular formula is C20H20ClN3OS. The first-order valence-electron chi connectivity index (χ1n) is 8.74. The predicted octanol–water partition coefficient (Wildman–Crippen LogP) is 4.62. The number of pyridine rings is 1. The molecule has 1 aliphatic rings. The lowest BCUT2D eigenvalue weighted by Gasteiger charge is -2.20. The van der Waals surface area contributed by atoms with Crippen LogP contribution in [0.15, 0.2) is 48.7 Å². The lowest BCUT2D eigenvalue weighted by Crippen LogP contribution is -2.34. The number of nitrogens with zero attached hydrogens (tertiary/aromatic N) is 3. The highest BCUT2D eigenvalue weighted by Crippen LogP contribution is 2.38. The van der Waals surface area contributed by atoms with Crippen molar-refractivity contribution in [1.82, 2.24) is 14.3 Å². The minimum absolute atomic E-state index is 0.0570. The van der Waals surface area contributed by atoms with E-state index in [1.165, 1.54) is 5.56 Å². The topological polar surface area (TPSA) is 37.6 Å². The normalized spacial score (nSPS) is 18.1. The van der Waals surface area contributed by atoms with Gasteiger partial charge in [0.1, 0.15) is 11.3 Å². The number of rotatable bonds is 2. The summed E-state index contributed by atoms with van der Waals surface area (Å²) in [6, 6.07) is 13.8. The SMILES string of the molecule is Cc1nc2ccccn2c1C(=O)N1CCS[C@H](c2ccccc2Cl)CC1.